The van der Waals surface area contributed by atoms with Crippen LogP contribution in [0.25, 0.3) is 5.57 Å². The van der Waals surface area contributed by atoms with Crippen LogP contribution in [-0.2, 0) is 0 Å². The third-order valence-electron chi connectivity index (χ3n) is 1.60. The molecule has 2 nitrogen and oxygen atoms in total. The van der Waals surface area contributed by atoms with Gasteiger partial charge in [-0.25, -0.2) is 4.98 Å². The highest BCUT2D eigenvalue weighted by atomic mass is 35.5. The van der Waals surface area contributed by atoms with Crippen molar-refractivity contribution in [3.05, 3.63) is 29.6 Å². The number of anilines is 1. The van der Waals surface area contributed by atoms with Crippen molar-refractivity contribution in [2.24, 2.45) is 0 Å². The Kier molecular flexibility index (Phi) is 2.71. The predicted molar refractivity (Wildman–Crippen MR) is 53.5 cm³/mol. The fraction of sp³-hybridized carbons (Fsp3) is 0.222. The summed E-state index contributed by atoms with van der Waals surface area (Å²) in [6.45, 7) is 5.78. The minimum Gasteiger partial charge on any atom is -0.387 e. The molecule has 0 aliphatic heterocycles. The number of rotatable bonds is 2. The van der Waals surface area contributed by atoms with Gasteiger partial charge in [-0.1, -0.05) is 18.2 Å². The zero-order valence-electron chi connectivity index (χ0n) is 7.19. The molecule has 0 spiro atoms. The largest absolute Gasteiger partial charge is 0.387 e. The Hall–Kier alpha value is -1.02. The van der Waals surface area contributed by atoms with Crippen LogP contribution >= 0.6 is 11.6 Å². The quantitative estimate of drug-likeness (QED) is 0.712. The molecule has 0 saturated carbocycles. The van der Waals surface area contributed by atoms with Crippen LogP contribution in [0, 0.1) is 0 Å². The molecule has 1 aromatic heterocycles. The summed E-state index contributed by atoms with van der Waals surface area (Å²) in [5, 5.41) is 3.52. The number of pyridine rings is 1. The lowest BCUT2D eigenvalue weighted by Crippen LogP contribution is -1.94. The molecule has 1 heterocycles. The summed E-state index contributed by atoms with van der Waals surface area (Å²) in [6, 6.07) is 1.78. The van der Waals surface area contributed by atoms with Crippen molar-refractivity contribution in [3.8, 4) is 0 Å². The van der Waals surface area contributed by atoms with Gasteiger partial charge in [-0.2, -0.15) is 0 Å². The van der Waals surface area contributed by atoms with Gasteiger partial charge in [-0.15, -0.1) is 0 Å². The highest BCUT2D eigenvalue weighted by Gasteiger charge is 2.02. The lowest BCUT2D eigenvalue weighted by Gasteiger charge is -2.07. The van der Waals surface area contributed by atoms with Crippen molar-refractivity contribution < 1.29 is 0 Å². The first-order valence-electron chi connectivity index (χ1n) is 3.64. The summed E-state index contributed by atoms with van der Waals surface area (Å²) in [5.74, 6) is 0. The van der Waals surface area contributed by atoms with E-state index in [1.165, 1.54) is 0 Å². The van der Waals surface area contributed by atoms with Gasteiger partial charge >= 0.3 is 0 Å². The van der Waals surface area contributed by atoms with E-state index in [9.17, 15) is 0 Å². The number of nitrogens with one attached hydrogen (secondary N) is 1. The lowest BCUT2D eigenvalue weighted by atomic mass is 10.1. The van der Waals surface area contributed by atoms with Gasteiger partial charge in [0, 0.05) is 24.5 Å². The van der Waals surface area contributed by atoms with Crippen molar-refractivity contribution in [2.75, 3.05) is 12.4 Å². The Labute approximate surface area is 77.3 Å². The third-order valence-corrected chi connectivity index (χ3v) is 1.81. The van der Waals surface area contributed by atoms with E-state index in [2.05, 4.69) is 16.9 Å². The molecule has 1 aromatic rings. The van der Waals surface area contributed by atoms with E-state index in [1.54, 1.807) is 12.3 Å². The number of hydrogen-bond donors (Lipinski definition) is 1. The summed E-state index contributed by atoms with van der Waals surface area (Å²) in [4.78, 5) is 3.97. The van der Waals surface area contributed by atoms with Crippen molar-refractivity contribution in [3.63, 3.8) is 0 Å². The summed E-state index contributed by atoms with van der Waals surface area (Å²) in [6.07, 6.45) is 1.72. The molecule has 0 bridgehead atoms. The molecule has 0 atom stereocenters. The number of nitrogens with zero attached hydrogens (tertiary/aromatic N) is 1. The van der Waals surface area contributed by atoms with Crippen LogP contribution in [0.1, 0.15) is 12.5 Å². The molecule has 0 fully saturated rings. The fourth-order valence-corrected chi connectivity index (χ4v) is 1.13. The zero-order chi connectivity index (χ0) is 9.14. The van der Waals surface area contributed by atoms with Gasteiger partial charge in [-0.3, -0.25) is 0 Å². The molecule has 0 aromatic carbocycles. The van der Waals surface area contributed by atoms with Crippen LogP contribution in [-0.4, -0.2) is 12.0 Å². The van der Waals surface area contributed by atoms with E-state index < -0.39 is 0 Å². The maximum Gasteiger partial charge on any atom is 0.131 e. The monoisotopic (exact) mass is 182 g/mol. The average Bonchev–Trinajstić information content (AvgIpc) is 2.03. The van der Waals surface area contributed by atoms with Gasteiger partial charge < -0.3 is 5.32 Å². The smallest absolute Gasteiger partial charge is 0.131 e. The van der Waals surface area contributed by atoms with Crippen molar-refractivity contribution >= 4 is 22.9 Å². The van der Waals surface area contributed by atoms with Crippen LogP contribution < -0.4 is 5.32 Å². The molecule has 64 valence electrons. The van der Waals surface area contributed by atoms with E-state index >= 15 is 0 Å². The van der Waals surface area contributed by atoms with E-state index in [-0.39, 0.29) is 0 Å². The summed E-state index contributed by atoms with van der Waals surface area (Å²) >= 11 is 5.72. The maximum absolute atomic E-state index is 5.72. The average molecular weight is 183 g/mol. The Morgan fingerprint density at radius 2 is 2.33 bits per heavy atom. The minimum absolute atomic E-state index is 0.490. The molecule has 0 saturated heterocycles. The number of aromatic nitrogens is 1. The lowest BCUT2D eigenvalue weighted by molar-refractivity contribution is 1.29. The first-order chi connectivity index (χ1) is 5.65. The molecule has 0 aliphatic carbocycles. The number of allylic oxidation sites excluding steroid dienone is 1. The number of hydrogen-bond acceptors (Lipinski definition) is 2. The topological polar surface area (TPSA) is 24.9 Å². The Morgan fingerprint density at radius 3 is 2.83 bits per heavy atom. The van der Waals surface area contributed by atoms with Gasteiger partial charge in [0.2, 0.25) is 0 Å². The molecular formula is C9H11ClN2. The van der Waals surface area contributed by atoms with Crippen molar-refractivity contribution in [2.45, 2.75) is 6.92 Å². The van der Waals surface area contributed by atoms with Gasteiger partial charge in [0.15, 0.2) is 0 Å². The van der Waals surface area contributed by atoms with Crippen LogP contribution in [0.4, 0.5) is 5.69 Å². The summed E-state index contributed by atoms with van der Waals surface area (Å²) in [5.41, 5.74) is 2.94. The first kappa shape index (κ1) is 9.07. The van der Waals surface area contributed by atoms with Crippen LogP contribution in [0.15, 0.2) is 18.8 Å². The second kappa shape index (κ2) is 3.59. The van der Waals surface area contributed by atoms with Gasteiger partial charge in [0.05, 0.1) is 0 Å². The summed E-state index contributed by atoms with van der Waals surface area (Å²) < 4.78 is 0. The third kappa shape index (κ3) is 1.77. The fourth-order valence-electron chi connectivity index (χ4n) is 0.977. The zero-order valence-corrected chi connectivity index (χ0v) is 7.94. The standard InChI is InChI=1S/C9H11ClN2/c1-6(2)7-5-12-9(10)4-8(7)11-3/h4-5H,1H2,2-3H3,(H,11,12). The summed E-state index contributed by atoms with van der Waals surface area (Å²) in [7, 11) is 1.85. The second-order valence-corrected chi connectivity index (χ2v) is 2.97. The minimum atomic E-state index is 0.490. The second-order valence-electron chi connectivity index (χ2n) is 2.58. The molecule has 0 radical (unpaired) electrons. The molecule has 0 aliphatic rings. The van der Waals surface area contributed by atoms with E-state index in [4.69, 9.17) is 11.6 Å². The maximum atomic E-state index is 5.72. The van der Waals surface area contributed by atoms with Gasteiger partial charge in [-0.05, 0) is 18.6 Å². The Balaban J connectivity index is 3.20. The molecule has 12 heavy (non-hydrogen) atoms. The van der Waals surface area contributed by atoms with Crippen molar-refractivity contribution in [1.82, 2.24) is 4.98 Å². The Morgan fingerprint density at radius 1 is 1.67 bits per heavy atom. The van der Waals surface area contributed by atoms with Gasteiger partial charge in [0.1, 0.15) is 5.15 Å². The molecule has 0 unspecified atom stereocenters. The van der Waals surface area contributed by atoms with Gasteiger partial charge in [0.25, 0.3) is 0 Å². The highest BCUT2D eigenvalue weighted by molar-refractivity contribution is 6.29. The number of halogens is 1. The van der Waals surface area contributed by atoms with E-state index in [0.717, 1.165) is 16.8 Å². The Bertz CT molecular complexity index is 307. The molecule has 0 amide bonds. The van der Waals surface area contributed by atoms with Crippen molar-refractivity contribution in [1.29, 1.82) is 0 Å². The molecular weight excluding hydrogens is 172 g/mol. The normalized spacial score (nSPS) is 9.58. The van der Waals surface area contributed by atoms with Crippen LogP contribution in [0.3, 0.4) is 0 Å². The van der Waals surface area contributed by atoms with Crippen LogP contribution in [0.5, 0.6) is 0 Å². The van der Waals surface area contributed by atoms with Crippen LogP contribution in [0.2, 0.25) is 5.15 Å². The highest BCUT2D eigenvalue weighted by Crippen LogP contribution is 2.23. The van der Waals surface area contributed by atoms with E-state index in [1.807, 2.05) is 14.0 Å². The first-order valence-corrected chi connectivity index (χ1v) is 4.02. The van der Waals surface area contributed by atoms with E-state index in [0.29, 0.717) is 5.15 Å². The molecule has 3 heteroatoms. The molecule has 1 N–H and O–H groups in total. The molecule has 1 rings (SSSR count). The predicted octanol–water partition coefficient (Wildman–Crippen LogP) is 2.81. The SMILES string of the molecule is C=C(C)c1cnc(Cl)cc1NC.